The fourth-order valence-corrected chi connectivity index (χ4v) is 5.41. The van der Waals surface area contributed by atoms with Gasteiger partial charge < -0.3 is 4.74 Å². The molecule has 0 saturated carbocycles. The van der Waals surface area contributed by atoms with Crippen molar-refractivity contribution >= 4 is 39.2 Å². The number of hydrogen-bond acceptors (Lipinski definition) is 2. The summed E-state index contributed by atoms with van der Waals surface area (Å²) in [6, 6.07) is 0.272. The van der Waals surface area contributed by atoms with Crippen LogP contribution in [0.3, 0.4) is 0 Å². The molecule has 0 aromatic heterocycles. The van der Waals surface area contributed by atoms with E-state index in [4.69, 9.17) is 39.0 Å². The molecule has 0 aromatic carbocycles. The predicted octanol–water partition coefficient (Wildman–Crippen LogP) is 4.36. The van der Waals surface area contributed by atoms with Crippen molar-refractivity contribution in [3.63, 3.8) is 0 Å². The van der Waals surface area contributed by atoms with Gasteiger partial charge in [0.2, 0.25) is 0 Å². The Balaban J connectivity index is 2.97. The summed E-state index contributed by atoms with van der Waals surface area (Å²) in [6.07, 6.45) is 4.11. The van der Waals surface area contributed by atoms with Gasteiger partial charge in [0.25, 0.3) is 0 Å². The van der Waals surface area contributed by atoms with Gasteiger partial charge in [0.15, 0.2) is 4.89 Å². The van der Waals surface area contributed by atoms with E-state index < -0.39 is 4.89 Å². The van der Waals surface area contributed by atoms with E-state index in [1.54, 1.807) is 7.11 Å². The molecular weight excluding hydrogens is 284 g/mol. The van der Waals surface area contributed by atoms with Crippen molar-refractivity contribution in [2.45, 2.75) is 51.2 Å². The molecule has 6 heteroatoms. The molecule has 1 aliphatic rings. The van der Waals surface area contributed by atoms with Crippen molar-refractivity contribution < 1.29 is 4.74 Å². The lowest BCUT2D eigenvalue weighted by atomic mass is 9.87. The van der Waals surface area contributed by atoms with Crippen LogP contribution in [0.4, 0.5) is 0 Å². The molecule has 96 valence electrons. The van der Waals surface area contributed by atoms with Gasteiger partial charge in [0.05, 0.1) is 5.60 Å². The highest BCUT2D eigenvalue weighted by atomic mass is 35.9. The first-order valence-electron chi connectivity index (χ1n) is 5.73. The second-order valence-corrected chi connectivity index (χ2v) is 11.9. The SMILES string of the molecule is CCC(CC)(OC)[C@@H]1CCCN1P(=S)(Cl)Cl. The summed E-state index contributed by atoms with van der Waals surface area (Å²) in [5, 5.41) is 0. The molecule has 1 heterocycles. The van der Waals surface area contributed by atoms with Crippen molar-refractivity contribution in [2.24, 2.45) is 0 Å². The molecule has 1 rings (SSSR count). The van der Waals surface area contributed by atoms with Crippen LogP contribution in [0.25, 0.3) is 0 Å². The third-order valence-electron chi connectivity index (χ3n) is 3.73. The van der Waals surface area contributed by atoms with Crippen LogP contribution in [0.1, 0.15) is 39.5 Å². The van der Waals surface area contributed by atoms with Gasteiger partial charge in [-0.05, 0) is 37.5 Å². The molecule has 0 radical (unpaired) electrons. The van der Waals surface area contributed by atoms with Gasteiger partial charge in [-0.1, -0.05) is 36.3 Å². The molecule has 0 unspecified atom stereocenters. The quantitative estimate of drug-likeness (QED) is 0.700. The third-order valence-corrected chi connectivity index (χ3v) is 6.61. The van der Waals surface area contributed by atoms with Gasteiger partial charge in [0, 0.05) is 19.7 Å². The maximum Gasteiger partial charge on any atom is 0.183 e. The minimum absolute atomic E-state index is 0.148. The van der Waals surface area contributed by atoms with Crippen molar-refractivity contribution in [3.05, 3.63) is 0 Å². The first kappa shape index (κ1) is 15.2. The third kappa shape index (κ3) is 2.93. The number of methoxy groups -OCH3 is 1. The van der Waals surface area contributed by atoms with E-state index in [1.807, 2.05) is 0 Å². The van der Waals surface area contributed by atoms with Gasteiger partial charge in [-0.3, -0.25) is 0 Å². The molecule has 1 fully saturated rings. The number of hydrogen-bond donors (Lipinski definition) is 0. The lowest BCUT2D eigenvalue weighted by Crippen LogP contribution is -2.48. The largest absolute Gasteiger partial charge is 0.377 e. The van der Waals surface area contributed by atoms with Gasteiger partial charge in [0.1, 0.15) is 0 Å². The maximum absolute atomic E-state index is 6.17. The van der Waals surface area contributed by atoms with Crippen LogP contribution < -0.4 is 0 Å². The predicted molar refractivity (Wildman–Crippen MR) is 76.0 cm³/mol. The van der Waals surface area contributed by atoms with Gasteiger partial charge in [-0.25, -0.2) is 4.67 Å². The fourth-order valence-electron chi connectivity index (χ4n) is 2.71. The molecule has 1 atom stereocenters. The molecule has 0 bridgehead atoms. The molecule has 0 aliphatic carbocycles. The normalized spacial score (nSPS) is 23.9. The zero-order chi connectivity index (χ0) is 12.4. The van der Waals surface area contributed by atoms with Crippen LogP contribution in [0.15, 0.2) is 0 Å². The molecule has 1 saturated heterocycles. The summed E-state index contributed by atoms with van der Waals surface area (Å²) in [4.78, 5) is -2.37. The van der Waals surface area contributed by atoms with Crippen molar-refractivity contribution in [3.8, 4) is 0 Å². The van der Waals surface area contributed by atoms with E-state index in [0.29, 0.717) is 0 Å². The average molecular weight is 304 g/mol. The van der Waals surface area contributed by atoms with E-state index in [9.17, 15) is 0 Å². The van der Waals surface area contributed by atoms with Gasteiger partial charge in [-0.2, -0.15) is 0 Å². The van der Waals surface area contributed by atoms with Gasteiger partial charge in [-0.15, -0.1) is 0 Å². The second kappa shape index (κ2) is 5.86. The Bertz CT molecular complexity index is 272. The fraction of sp³-hybridized carbons (Fsp3) is 1.00. The highest BCUT2D eigenvalue weighted by molar-refractivity contribution is 8.37. The van der Waals surface area contributed by atoms with Crippen LogP contribution in [-0.2, 0) is 16.5 Å². The van der Waals surface area contributed by atoms with E-state index >= 15 is 0 Å². The average Bonchev–Trinajstić information content (AvgIpc) is 2.70. The van der Waals surface area contributed by atoms with Crippen LogP contribution >= 0.6 is 27.4 Å². The Morgan fingerprint density at radius 1 is 1.44 bits per heavy atom. The number of ether oxygens (including phenoxy) is 1. The zero-order valence-electron chi connectivity index (χ0n) is 10.1. The van der Waals surface area contributed by atoms with Gasteiger partial charge >= 0.3 is 0 Å². The maximum atomic E-state index is 6.17. The van der Waals surface area contributed by atoms with Crippen molar-refractivity contribution in [1.29, 1.82) is 0 Å². The standard InChI is InChI=1S/C10H20Cl2NOPS/c1-4-10(5-2,14-3)9-7-6-8-13(9)15(11,12)16/h9H,4-8H2,1-3H3/t9-/m0/s1. The van der Waals surface area contributed by atoms with Crippen LogP contribution in [0.5, 0.6) is 0 Å². The molecule has 2 nitrogen and oxygen atoms in total. The zero-order valence-corrected chi connectivity index (χ0v) is 13.3. The Morgan fingerprint density at radius 3 is 2.38 bits per heavy atom. The Morgan fingerprint density at radius 2 is 2.00 bits per heavy atom. The Labute approximate surface area is 113 Å². The summed E-state index contributed by atoms with van der Waals surface area (Å²) in [6.45, 7) is 5.20. The Hall–Kier alpha value is 1.15. The highest BCUT2D eigenvalue weighted by Crippen LogP contribution is 2.64. The minimum atomic E-state index is -2.37. The lowest BCUT2D eigenvalue weighted by Gasteiger charge is -2.42. The van der Waals surface area contributed by atoms with Crippen molar-refractivity contribution in [1.82, 2.24) is 4.67 Å². The smallest absolute Gasteiger partial charge is 0.183 e. The molecule has 0 aromatic rings. The summed E-state index contributed by atoms with van der Waals surface area (Å²) in [5.74, 6) is 0. The number of rotatable bonds is 5. The highest BCUT2D eigenvalue weighted by Gasteiger charge is 2.45. The molecule has 16 heavy (non-hydrogen) atoms. The van der Waals surface area contributed by atoms with Crippen LogP contribution in [0, 0.1) is 0 Å². The van der Waals surface area contributed by atoms with E-state index in [2.05, 4.69) is 18.5 Å². The first-order valence-corrected chi connectivity index (χ1v) is 10.3. The summed E-state index contributed by atoms with van der Waals surface area (Å²) >= 11 is 17.6. The van der Waals surface area contributed by atoms with E-state index in [1.165, 1.54) is 0 Å². The Kier molecular flexibility index (Phi) is 5.57. The molecule has 0 amide bonds. The molecule has 0 N–H and O–H groups in total. The van der Waals surface area contributed by atoms with E-state index in [0.717, 1.165) is 32.2 Å². The number of halogens is 2. The second-order valence-electron chi connectivity index (χ2n) is 4.23. The molecule has 0 spiro atoms. The summed E-state index contributed by atoms with van der Waals surface area (Å²) < 4.78 is 7.86. The molecule has 1 aliphatic heterocycles. The molecular formula is C10H20Cl2NOPS. The lowest BCUT2D eigenvalue weighted by molar-refractivity contribution is -0.0574. The van der Waals surface area contributed by atoms with Crippen LogP contribution in [0.2, 0.25) is 0 Å². The van der Waals surface area contributed by atoms with Crippen molar-refractivity contribution in [2.75, 3.05) is 13.7 Å². The summed E-state index contributed by atoms with van der Waals surface area (Å²) in [7, 11) is 1.77. The topological polar surface area (TPSA) is 12.5 Å². The van der Waals surface area contributed by atoms with E-state index in [-0.39, 0.29) is 11.6 Å². The van der Waals surface area contributed by atoms with Crippen LogP contribution in [-0.4, -0.2) is 30.0 Å². The number of nitrogens with zero attached hydrogens (tertiary/aromatic N) is 1. The minimum Gasteiger partial charge on any atom is -0.377 e. The first-order chi connectivity index (χ1) is 7.41. The monoisotopic (exact) mass is 303 g/mol. The summed E-state index contributed by atoms with van der Waals surface area (Å²) in [5.41, 5.74) is -0.148.